The summed E-state index contributed by atoms with van der Waals surface area (Å²) in [6.45, 7) is 1.88. The van der Waals surface area contributed by atoms with Crippen molar-refractivity contribution in [3.63, 3.8) is 0 Å². The molecule has 196 valence electrons. The van der Waals surface area contributed by atoms with Crippen LogP contribution in [0.2, 0.25) is 0 Å². The number of aliphatic carboxylic acids is 1. The summed E-state index contributed by atoms with van der Waals surface area (Å²) >= 11 is 0. The molecular formula is C25H19F3N4O6. The number of aromatic nitrogens is 2. The van der Waals surface area contributed by atoms with Crippen molar-refractivity contribution < 1.29 is 42.9 Å². The Bertz CT molecular complexity index is 1570. The number of benzene rings is 3. The van der Waals surface area contributed by atoms with E-state index in [9.17, 15) is 27.9 Å². The highest BCUT2D eigenvalue weighted by Gasteiger charge is 2.51. The molecule has 1 aromatic heterocycles. The van der Waals surface area contributed by atoms with Crippen molar-refractivity contribution in [3.8, 4) is 0 Å². The average Bonchev–Trinajstić information content (AvgIpc) is 3.35. The van der Waals surface area contributed by atoms with Crippen molar-refractivity contribution >= 4 is 40.6 Å². The van der Waals surface area contributed by atoms with Gasteiger partial charge in [-0.1, -0.05) is 42.5 Å². The number of aromatic amines is 1. The molecule has 13 heteroatoms. The molecule has 0 aliphatic carbocycles. The Hall–Kier alpha value is -4.91. The van der Waals surface area contributed by atoms with Crippen LogP contribution in [0.25, 0.3) is 11.0 Å². The number of rotatable bonds is 3. The highest BCUT2D eigenvalue weighted by atomic mass is 19.4. The van der Waals surface area contributed by atoms with Gasteiger partial charge in [-0.15, -0.1) is 0 Å². The van der Waals surface area contributed by atoms with Gasteiger partial charge in [-0.25, -0.2) is 14.6 Å². The number of anilines is 2. The van der Waals surface area contributed by atoms with E-state index in [1.165, 1.54) is 4.90 Å². The van der Waals surface area contributed by atoms with E-state index in [1.54, 1.807) is 48.5 Å². The third kappa shape index (κ3) is 4.62. The highest BCUT2D eigenvalue weighted by molar-refractivity contribution is 6.12. The van der Waals surface area contributed by atoms with Crippen molar-refractivity contribution in [2.45, 2.75) is 18.8 Å². The van der Waals surface area contributed by atoms with Gasteiger partial charge in [0, 0.05) is 16.7 Å². The zero-order chi connectivity index (χ0) is 27.8. The SMILES string of the molecule is Cc1ccccc1N1C(=O)c2ccccc2C1(O)c1ccc2nc(NC(=O)O)[nH]c2c1.O=C(O)C(F)(F)F. The smallest absolute Gasteiger partial charge is 0.475 e. The van der Waals surface area contributed by atoms with Gasteiger partial charge in [0.2, 0.25) is 5.95 Å². The number of amides is 2. The molecule has 10 nitrogen and oxygen atoms in total. The fourth-order valence-electron chi connectivity index (χ4n) is 4.13. The summed E-state index contributed by atoms with van der Waals surface area (Å²) in [6.07, 6.45) is -6.32. The largest absolute Gasteiger partial charge is 0.490 e. The summed E-state index contributed by atoms with van der Waals surface area (Å²) in [4.78, 5) is 41.7. The third-order valence-electron chi connectivity index (χ3n) is 5.77. The standard InChI is InChI=1S/C23H18N4O4.C2HF3O2/c1-13-6-2-5-9-19(13)27-20(28)15-7-3-4-8-16(15)23(27,31)14-10-11-17-18(12-14)25-21(24-17)26-22(29)30;3-2(4,5)1(6)7/h2-12,31H,1H3,(H,29,30)(H2,24,25,26);(H,6,7). The number of aliphatic hydroxyl groups is 1. The Labute approximate surface area is 212 Å². The molecule has 0 spiro atoms. The van der Waals surface area contributed by atoms with Crippen LogP contribution in [0.5, 0.6) is 0 Å². The maximum atomic E-state index is 13.4. The number of H-pyrrole nitrogens is 1. The maximum Gasteiger partial charge on any atom is 0.490 e. The van der Waals surface area contributed by atoms with Crippen LogP contribution in [0.15, 0.2) is 66.7 Å². The lowest BCUT2D eigenvalue weighted by atomic mass is 9.93. The molecule has 1 aliphatic rings. The van der Waals surface area contributed by atoms with E-state index in [-0.39, 0.29) is 11.9 Å². The molecule has 5 rings (SSSR count). The van der Waals surface area contributed by atoms with Crippen LogP contribution in [0.3, 0.4) is 0 Å². The number of carboxylic acids is 1. The van der Waals surface area contributed by atoms with Gasteiger partial charge in [0.15, 0.2) is 5.72 Å². The number of nitrogens with zero attached hydrogens (tertiary/aromatic N) is 2. The number of halogens is 3. The first-order valence-corrected chi connectivity index (χ1v) is 10.9. The van der Waals surface area contributed by atoms with Crippen LogP contribution in [0.4, 0.5) is 29.6 Å². The third-order valence-corrected chi connectivity index (χ3v) is 5.77. The number of imidazole rings is 1. The number of hydrogen-bond donors (Lipinski definition) is 5. The molecular weight excluding hydrogens is 509 g/mol. The van der Waals surface area contributed by atoms with Gasteiger partial charge >= 0.3 is 18.2 Å². The molecule has 38 heavy (non-hydrogen) atoms. The van der Waals surface area contributed by atoms with E-state index in [0.717, 1.165) is 5.56 Å². The lowest BCUT2D eigenvalue weighted by molar-refractivity contribution is -0.192. The van der Waals surface area contributed by atoms with E-state index in [4.69, 9.17) is 15.0 Å². The Morgan fingerprint density at radius 3 is 2.29 bits per heavy atom. The second kappa shape index (κ2) is 9.52. The molecule has 0 radical (unpaired) electrons. The Morgan fingerprint density at radius 1 is 1.03 bits per heavy atom. The molecule has 2 amide bonds. The quantitative estimate of drug-likeness (QED) is 0.263. The molecule has 0 fully saturated rings. The number of nitrogens with one attached hydrogen (secondary N) is 2. The number of carboxylic acid groups (broad SMARTS) is 2. The first kappa shape index (κ1) is 26.2. The monoisotopic (exact) mass is 528 g/mol. The lowest BCUT2D eigenvalue weighted by Gasteiger charge is -2.35. The lowest BCUT2D eigenvalue weighted by Crippen LogP contribution is -2.45. The number of fused-ring (bicyclic) bond motifs is 2. The van der Waals surface area contributed by atoms with Crippen molar-refractivity contribution in [2.24, 2.45) is 0 Å². The van der Waals surface area contributed by atoms with Crippen molar-refractivity contribution in [1.82, 2.24) is 9.97 Å². The molecule has 5 N–H and O–H groups in total. The summed E-state index contributed by atoms with van der Waals surface area (Å²) in [7, 11) is 0. The normalized spacial score (nSPS) is 16.6. The van der Waals surface area contributed by atoms with Crippen LogP contribution in [-0.2, 0) is 10.5 Å². The predicted octanol–water partition coefficient (Wildman–Crippen LogP) is 4.45. The molecule has 4 aromatic rings. The Morgan fingerprint density at radius 2 is 1.66 bits per heavy atom. The number of carbonyl (C=O) groups is 3. The van der Waals surface area contributed by atoms with Gasteiger partial charge in [0.05, 0.1) is 16.7 Å². The second-order valence-electron chi connectivity index (χ2n) is 8.20. The van der Waals surface area contributed by atoms with Gasteiger partial charge in [-0.05, 0) is 36.8 Å². The van der Waals surface area contributed by atoms with Crippen molar-refractivity contribution in [1.29, 1.82) is 0 Å². The van der Waals surface area contributed by atoms with Gasteiger partial charge in [-0.3, -0.25) is 15.0 Å². The topological polar surface area (TPSA) is 156 Å². The van der Waals surface area contributed by atoms with Crippen LogP contribution in [-0.4, -0.2) is 49.4 Å². The second-order valence-corrected chi connectivity index (χ2v) is 8.20. The van der Waals surface area contributed by atoms with Crippen LogP contribution in [0, 0.1) is 6.92 Å². The minimum atomic E-state index is -5.08. The predicted molar refractivity (Wildman–Crippen MR) is 129 cm³/mol. The summed E-state index contributed by atoms with van der Waals surface area (Å²) in [5, 5.41) is 30.3. The molecule has 0 saturated carbocycles. The van der Waals surface area contributed by atoms with E-state index in [1.807, 2.05) is 25.1 Å². The van der Waals surface area contributed by atoms with Gasteiger partial charge in [-0.2, -0.15) is 13.2 Å². The highest BCUT2D eigenvalue weighted by Crippen LogP contribution is 2.46. The first-order chi connectivity index (χ1) is 17.8. The first-order valence-electron chi connectivity index (χ1n) is 10.9. The van der Waals surface area contributed by atoms with E-state index >= 15 is 0 Å². The van der Waals surface area contributed by atoms with Crippen LogP contribution >= 0.6 is 0 Å². The van der Waals surface area contributed by atoms with E-state index in [0.29, 0.717) is 33.4 Å². The number of hydrogen-bond acceptors (Lipinski definition) is 5. The minimum Gasteiger partial charge on any atom is -0.475 e. The van der Waals surface area contributed by atoms with Crippen molar-refractivity contribution in [2.75, 3.05) is 10.2 Å². The summed E-state index contributed by atoms with van der Waals surface area (Å²) in [5.74, 6) is -2.98. The van der Waals surface area contributed by atoms with Gasteiger partial charge in [0.25, 0.3) is 5.91 Å². The van der Waals surface area contributed by atoms with Crippen LogP contribution in [0.1, 0.15) is 27.0 Å². The number of alkyl halides is 3. The van der Waals surface area contributed by atoms with Gasteiger partial charge < -0.3 is 20.3 Å². The summed E-state index contributed by atoms with van der Waals surface area (Å²) in [6, 6.07) is 19.4. The van der Waals surface area contributed by atoms with E-state index in [2.05, 4.69) is 15.3 Å². The van der Waals surface area contributed by atoms with Gasteiger partial charge in [0.1, 0.15) is 0 Å². The molecule has 1 atom stereocenters. The average molecular weight is 528 g/mol. The molecule has 1 unspecified atom stereocenters. The maximum absolute atomic E-state index is 13.4. The molecule has 0 bridgehead atoms. The Kier molecular flexibility index (Phi) is 6.55. The summed E-state index contributed by atoms with van der Waals surface area (Å²) in [5.41, 5.74) is 2.10. The van der Waals surface area contributed by atoms with E-state index < -0.39 is 24.0 Å². The van der Waals surface area contributed by atoms with Crippen LogP contribution < -0.4 is 10.2 Å². The zero-order valence-electron chi connectivity index (χ0n) is 19.4. The molecule has 2 heterocycles. The van der Waals surface area contributed by atoms with Crippen molar-refractivity contribution in [3.05, 3.63) is 89.0 Å². The zero-order valence-corrected chi connectivity index (χ0v) is 19.4. The molecule has 0 saturated heterocycles. The fourth-order valence-corrected chi connectivity index (χ4v) is 4.13. The Balaban J connectivity index is 0.000000426. The molecule has 3 aromatic carbocycles. The fraction of sp³-hybridized carbons (Fsp3) is 0.120. The number of aryl methyl sites for hydroxylation is 1. The summed E-state index contributed by atoms with van der Waals surface area (Å²) < 4.78 is 31.7. The minimum absolute atomic E-state index is 0.0744. The number of carbonyl (C=O) groups excluding carboxylic acids is 1. The molecule has 1 aliphatic heterocycles. The number of para-hydroxylation sites is 1.